The lowest BCUT2D eigenvalue weighted by Crippen LogP contribution is -2.51. The number of carbonyl (C=O) groups excluding carboxylic acids is 1. The van der Waals surface area contributed by atoms with E-state index in [0.29, 0.717) is 5.92 Å². The highest BCUT2D eigenvalue weighted by molar-refractivity contribution is 5.85. The van der Waals surface area contributed by atoms with Gasteiger partial charge in [0, 0.05) is 29.9 Å². The quantitative estimate of drug-likeness (QED) is 0.796. The Hall–Kier alpha value is -1.72. The van der Waals surface area contributed by atoms with Gasteiger partial charge in [0.05, 0.1) is 6.04 Å². The minimum Gasteiger partial charge on any atom is -0.441 e. The van der Waals surface area contributed by atoms with E-state index in [1.807, 2.05) is 6.07 Å². The number of amides is 1. The smallest absolute Gasteiger partial charge is 0.408 e. The highest BCUT2D eigenvalue weighted by Gasteiger charge is 2.49. The van der Waals surface area contributed by atoms with Gasteiger partial charge >= 0.3 is 6.09 Å². The zero-order valence-electron chi connectivity index (χ0n) is 13.8. The summed E-state index contributed by atoms with van der Waals surface area (Å²) in [6.07, 6.45) is 4.51. The number of nitrogens with one attached hydrogen (secondary N) is 3. The molecule has 130 valence electrons. The van der Waals surface area contributed by atoms with Crippen LogP contribution in [0.1, 0.15) is 37.7 Å². The Kier molecular flexibility index (Phi) is 4.74. The molecule has 5 nitrogen and oxygen atoms in total. The summed E-state index contributed by atoms with van der Waals surface area (Å²) in [4.78, 5) is 15.2. The Morgan fingerprint density at radius 3 is 2.83 bits per heavy atom. The molecule has 0 aliphatic carbocycles. The number of benzene rings is 1. The molecule has 4 rings (SSSR count). The standard InChI is InChI=1S/C18H23N3O2.ClH/c1-12(14-11-20-15-5-3-2-4-13(14)15)10-16-18(23-17(22)21-16)6-8-19-9-7-18;/h2-5,11-12,16,19-20H,6-10H2,1H3,(H,21,22);1H. The molecule has 1 spiro atoms. The van der Waals surface area contributed by atoms with Gasteiger partial charge in [0.1, 0.15) is 5.60 Å². The van der Waals surface area contributed by atoms with E-state index in [1.165, 1.54) is 10.9 Å². The summed E-state index contributed by atoms with van der Waals surface area (Å²) in [7, 11) is 0. The first kappa shape index (κ1) is 17.1. The zero-order chi connectivity index (χ0) is 15.9. The van der Waals surface area contributed by atoms with Crippen LogP contribution in [0.25, 0.3) is 10.9 Å². The van der Waals surface area contributed by atoms with Crippen LogP contribution < -0.4 is 10.6 Å². The van der Waals surface area contributed by atoms with Gasteiger partial charge in [0.25, 0.3) is 0 Å². The average molecular weight is 350 g/mol. The third kappa shape index (κ3) is 2.87. The van der Waals surface area contributed by atoms with Crippen molar-refractivity contribution in [1.82, 2.24) is 15.6 Å². The number of ether oxygens (including phenoxy) is 1. The Labute approximate surface area is 147 Å². The number of halogens is 1. The third-order valence-corrected chi connectivity index (χ3v) is 5.41. The van der Waals surface area contributed by atoms with Crippen LogP contribution in [0.2, 0.25) is 0 Å². The first-order chi connectivity index (χ1) is 11.2. The molecule has 0 saturated carbocycles. The molecule has 0 bridgehead atoms. The van der Waals surface area contributed by atoms with Crippen molar-refractivity contribution in [2.45, 2.75) is 43.7 Å². The molecule has 0 radical (unpaired) electrons. The van der Waals surface area contributed by atoms with E-state index in [9.17, 15) is 4.79 Å². The Morgan fingerprint density at radius 1 is 1.29 bits per heavy atom. The normalized spacial score (nSPS) is 23.5. The minimum absolute atomic E-state index is 0. The molecular weight excluding hydrogens is 326 g/mol. The summed E-state index contributed by atoms with van der Waals surface area (Å²) in [5, 5.41) is 7.68. The summed E-state index contributed by atoms with van der Waals surface area (Å²) in [6.45, 7) is 4.05. The van der Waals surface area contributed by atoms with Gasteiger partial charge < -0.3 is 20.4 Å². The fourth-order valence-electron chi connectivity index (χ4n) is 4.12. The van der Waals surface area contributed by atoms with E-state index in [2.05, 4.69) is 46.9 Å². The van der Waals surface area contributed by atoms with E-state index in [1.54, 1.807) is 0 Å². The number of aromatic amines is 1. The predicted octanol–water partition coefficient (Wildman–Crippen LogP) is 3.31. The van der Waals surface area contributed by atoms with Crippen molar-refractivity contribution in [1.29, 1.82) is 0 Å². The molecule has 2 aromatic rings. The number of piperidine rings is 1. The van der Waals surface area contributed by atoms with Gasteiger partial charge in [-0.2, -0.15) is 0 Å². The van der Waals surface area contributed by atoms with E-state index >= 15 is 0 Å². The summed E-state index contributed by atoms with van der Waals surface area (Å²) in [5.74, 6) is 0.352. The maximum Gasteiger partial charge on any atom is 0.408 e. The molecule has 1 amide bonds. The minimum atomic E-state index is -0.331. The van der Waals surface area contributed by atoms with Crippen LogP contribution in [-0.4, -0.2) is 35.8 Å². The fourth-order valence-corrected chi connectivity index (χ4v) is 4.12. The Bertz CT molecular complexity index is 724. The molecule has 2 aliphatic heterocycles. The molecule has 2 unspecified atom stereocenters. The highest BCUT2D eigenvalue weighted by atomic mass is 35.5. The van der Waals surface area contributed by atoms with Crippen LogP contribution >= 0.6 is 12.4 Å². The second kappa shape index (κ2) is 6.65. The number of hydrogen-bond acceptors (Lipinski definition) is 3. The van der Waals surface area contributed by atoms with Crippen LogP contribution in [0.3, 0.4) is 0 Å². The van der Waals surface area contributed by atoms with Gasteiger partial charge in [0.15, 0.2) is 0 Å². The third-order valence-electron chi connectivity index (χ3n) is 5.41. The highest BCUT2D eigenvalue weighted by Crippen LogP contribution is 2.38. The topological polar surface area (TPSA) is 66.2 Å². The number of hydrogen-bond donors (Lipinski definition) is 3. The van der Waals surface area contributed by atoms with Crippen LogP contribution in [0.5, 0.6) is 0 Å². The van der Waals surface area contributed by atoms with Crippen molar-refractivity contribution in [2.24, 2.45) is 0 Å². The molecule has 2 saturated heterocycles. The van der Waals surface area contributed by atoms with Crippen molar-refractivity contribution in [2.75, 3.05) is 13.1 Å². The molecule has 2 atom stereocenters. The van der Waals surface area contributed by atoms with Gasteiger partial charge in [-0.15, -0.1) is 12.4 Å². The summed E-state index contributed by atoms with van der Waals surface area (Å²) in [6, 6.07) is 8.45. The monoisotopic (exact) mass is 349 g/mol. The number of fused-ring (bicyclic) bond motifs is 1. The van der Waals surface area contributed by atoms with E-state index < -0.39 is 0 Å². The van der Waals surface area contributed by atoms with E-state index in [0.717, 1.165) is 37.9 Å². The lowest BCUT2D eigenvalue weighted by Gasteiger charge is -2.37. The molecule has 2 aliphatic rings. The Balaban J connectivity index is 0.00000169. The summed E-state index contributed by atoms with van der Waals surface area (Å²) in [5.41, 5.74) is 2.14. The molecule has 1 aromatic heterocycles. The van der Waals surface area contributed by atoms with Gasteiger partial charge in [0.2, 0.25) is 0 Å². The largest absolute Gasteiger partial charge is 0.441 e. The number of H-pyrrole nitrogens is 1. The van der Waals surface area contributed by atoms with Crippen LogP contribution in [0, 0.1) is 0 Å². The van der Waals surface area contributed by atoms with E-state index in [-0.39, 0.29) is 30.1 Å². The lowest BCUT2D eigenvalue weighted by molar-refractivity contribution is 0.00745. The van der Waals surface area contributed by atoms with Crippen molar-refractivity contribution in [3.63, 3.8) is 0 Å². The number of rotatable bonds is 3. The van der Waals surface area contributed by atoms with E-state index in [4.69, 9.17) is 4.74 Å². The first-order valence-corrected chi connectivity index (χ1v) is 8.44. The maximum atomic E-state index is 11.8. The SMILES string of the molecule is CC(CC1NC(=O)OC12CCNCC2)c1c[nH]c2ccccc12.Cl. The van der Waals surface area contributed by atoms with Crippen molar-refractivity contribution in [3.8, 4) is 0 Å². The van der Waals surface area contributed by atoms with Crippen molar-refractivity contribution in [3.05, 3.63) is 36.0 Å². The number of aromatic nitrogens is 1. The van der Waals surface area contributed by atoms with Crippen molar-refractivity contribution >= 4 is 29.4 Å². The van der Waals surface area contributed by atoms with Gasteiger partial charge in [-0.1, -0.05) is 25.1 Å². The molecule has 24 heavy (non-hydrogen) atoms. The van der Waals surface area contributed by atoms with Crippen molar-refractivity contribution < 1.29 is 9.53 Å². The zero-order valence-corrected chi connectivity index (χ0v) is 14.6. The van der Waals surface area contributed by atoms with Crippen LogP contribution in [-0.2, 0) is 4.74 Å². The average Bonchev–Trinajstić information content (AvgIpc) is 3.10. The molecule has 3 heterocycles. The lowest BCUT2D eigenvalue weighted by atomic mass is 9.80. The number of para-hydroxylation sites is 1. The molecular formula is C18H24ClN3O2. The van der Waals surface area contributed by atoms with Gasteiger partial charge in [-0.05, 0) is 37.1 Å². The van der Waals surface area contributed by atoms with Gasteiger partial charge in [-0.3, -0.25) is 0 Å². The fraction of sp³-hybridized carbons (Fsp3) is 0.500. The summed E-state index contributed by atoms with van der Waals surface area (Å²) < 4.78 is 5.71. The number of alkyl carbamates (subject to hydrolysis) is 1. The second-order valence-corrected chi connectivity index (χ2v) is 6.83. The first-order valence-electron chi connectivity index (χ1n) is 8.44. The van der Waals surface area contributed by atoms with Crippen LogP contribution in [0.15, 0.2) is 30.5 Å². The molecule has 1 aromatic carbocycles. The second-order valence-electron chi connectivity index (χ2n) is 6.83. The Morgan fingerprint density at radius 2 is 2.04 bits per heavy atom. The molecule has 3 N–H and O–H groups in total. The predicted molar refractivity (Wildman–Crippen MR) is 96.8 cm³/mol. The van der Waals surface area contributed by atoms with Crippen LogP contribution in [0.4, 0.5) is 4.79 Å². The molecule has 2 fully saturated rings. The number of carbonyl (C=O) groups is 1. The summed E-state index contributed by atoms with van der Waals surface area (Å²) >= 11 is 0. The van der Waals surface area contributed by atoms with Gasteiger partial charge in [-0.25, -0.2) is 4.79 Å². The maximum absolute atomic E-state index is 11.8. The molecule has 6 heteroatoms.